The summed E-state index contributed by atoms with van der Waals surface area (Å²) in [7, 11) is 1.65. The first-order valence-corrected chi connectivity index (χ1v) is 9.80. The van der Waals surface area contributed by atoms with E-state index in [1.54, 1.807) is 31.4 Å². The van der Waals surface area contributed by atoms with Crippen LogP contribution in [0.3, 0.4) is 0 Å². The smallest absolute Gasteiger partial charge is 0.164 e. The van der Waals surface area contributed by atoms with E-state index in [4.69, 9.17) is 11.6 Å². The number of rotatable bonds is 6. The average Bonchev–Trinajstić information content (AvgIpc) is 2.67. The van der Waals surface area contributed by atoms with Crippen molar-refractivity contribution in [2.75, 3.05) is 24.2 Å². The fraction of sp³-hybridized carbons (Fsp3) is 0.429. The molecule has 1 fully saturated rings. The van der Waals surface area contributed by atoms with Gasteiger partial charge in [-0.3, -0.25) is 4.79 Å². The van der Waals surface area contributed by atoms with Crippen LogP contribution in [-0.4, -0.2) is 24.4 Å². The highest BCUT2D eigenvalue weighted by Gasteiger charge is 2.20. The minimum atomic E-state index is -0.582. The molecule has 2 aromatic rings. The van der Waals surface area contributed by atoms with E-state index in [1.165, 1.54) is 39.0 Å². The van der Waals surface area contributed by atoms with Crippen molar-refractivity contribution in [3.63, 3.8) is 0 Å². The van der Waals surface area contributed by atoms with Crippen molar-refractivity contribution in [1.82, 2.24) is 4.98 Å². The van der Waals surface area contributed by atoms with Crippen LogP contribution >= 0.6 is 11.6 Å². The number of halogens is 2. The van der Waals surface area contributed by atoms with Crippen molar-refractivity contribution < 1.29 is 9.18 Å². The Morgan fingerprint density at radius 2 is 2.00 bits per heavy atom. The van der Waals surface area contributed by atoms with Crippen molar-refractivity contribution in [3.05, 3.63) is 40.8 Å². The van der Waals surface area contributed by atoms with Gasteiger partial charge in [0.25, 0.3) is 0 Å². The van der Waals surface area contributed by atoms with Crippen molar-refractivity contribution in [3.8, 4) is 11.1 Å². The molecule has 0 bridgehead atoms. The van der Waals surface area contributed by atoms with Crippen LogP contribution in [0.4, 0.5) is 15.9 Å². The minimum Gasteiger partial charge on any atom is -0.387 e. The van der Waals surface area contributed by atoms with Crippen molar-refractivity contribution in [2.24, 2.45) is 5.92 Å². The lowest BCUT2D eigenvalue weighted by Crippen LogP contribution is -2.17. The Kier molecular flexibility index (Phi) is 6.32. The lowest BCUT2D eigenvalue weighted by Gasteiger charge is -2.22. The largest absolute Gasteiger partial charge is 0.387 e. The topological polar surface area (TPSA) is 54.0 Å². The second kappa shape index (κ2) is 8.70. The molecule has 0 radical (unpaired) electrons. The van der Waals surface area contributed by atoms with E-state index in [2.05, 4.69) is 15.6 Å². The maximum Gasteiger partial charge on any atom is 0.164 e. The third kappa shape index (κ3) is 4.41. The van der Waals surface area contributed by atoms with E-state index < -0.39 is 5.82 Å². The van der Waals surface area contributed by atoms with Crippen LogP contribution in [0.1, 0.15) is 49.4 Å². The van der Waals surface area contributed by atoms with Crippen molar-refractivity contribution in [2.45, 2.75) is 39.0 Å². The standard InChI is InChI=1S/C21H25ClFN3O/c1-13(27)20-18(24-2)9-8-15(21(20)23)16-12-26-19(10-17(16)22)25-11-14-6-4-3-5-7-14/h8-10,12,14,24H,3-7,11H2,1-2H3,(H,25,26). The first kappa shape index (κ1) is 19.6. The summed E-state index contributed by atoms with van der Waals surface area (Å²) >= 11 is 6.42. The molecule has 0 atom stereocenters. The summed E-state index contributed by atoms with van der Waals surface area (Å²) in [5.74, 6) is 0.437. The molecule has 1 aromatic heterocycles. The zero-order valence-electron chi connectivity index (χ0n) is 15.7. The fourth-order valence-electron chi connectivity index (χ4n) is 3.70. The average molecular weight is 390 g/mol. The molecule has 0 saturated heterocycles. The Hall–Kier alpha value is -2.14. The molecule has 1 heterocycles. The number of benzene rings is 1. The van der Waals surface area contributed by atoms with Crippen LogP contribution in [0, 0.1) is 11.7 Å². The van der Waals surface area contributed by atoms with Gasteiger partial charge in [-0.25, -0.2) is 9.37 Å². The molecule has 1 aliphatic rings. The number of carbonyl (C=O) groups excluding carboxylic acids is 1. The quantitative estimate of drug-likeness (QED) is 0.615. The summed E-state index contributed by atoms with van der Waals surface area (Å²) in [4.78, 5) is 16.3. The number of Topliss-reactive ketones (excluding diaryl/α,β-unsaturated/α-hetero) is 1. The van der Waals surface area contributed by atoms with Gasteiger partial charge in [0, 0.05) is 36.6 Å². The van der Waals surface area contributed by atoms with Gasteiger partial charge in [-0.15, -0.1) is 0 Å². The summed E-state index contributed by atoms with van der Waals surface area (Å²) in [6.07, 6.45) is 7.97. The summed E-state index contributed by atoms with van der Waals surface area (Å²) in [5, 5.41) is 6.60. The Morgan fingerprint density at radius 1 is 1.26 bits per heavy atom. The number of ketones is 1. The van der Waals surface area contributed by atoms with Crippen LogP contribution < -0.4 is 10.6 Å². The van der Waals surface area contributed by atoms with Gasteiger partial charge in [0.2, 0.25) is 0 Å². The van der Waals surface area contributed by atoms with Crippen LogP contribution in [0.15, 0.2) is 24.4 Å². The van der Waals surface area contributed by atoms with E-state index in [1.807, 2.05) is 0 Å². The third-order valence-electron chi connectivity index (χ3n) is 5.20. The SMILES string of the molecule is CNc1ccc(-c2cnc(NCC3CCCCC3)cc2Cl)c(F)c1C(C)=O. The predicted molar refractivity (Wildman–Crippen MR) is 109 cm³/mol. The number of nitrogens with one attached hydrogen (secondary N) is 2. The van der Waals surface area contributed by atoms with Crippen LogP contribution in [-0.2, 0) is 0 Å². The Balaban J connectivity index is 1.83. The molecular weight excluding hydrogens is 365 g/mol. The minimum absolute atomic E-state index is 0.0329. The van der Waals surface area contributed by atoms with Crippen LogP contribution in [0.25, 0.3) is 11.1 Å². The highest BCUT2D eigenvalue weighted by atomic mass is 35.5. The molecule has 0 aliphatic heterocycles. The highest BCUT2D eigenvalue weighted by molar-refractivity contribution is 6.33. The fourth-order valence-corrected chi connectivity index (χ4v) is 3.96. The van der Waals surface area contributed by atoms with Gasteiger partial charge < -0.3 is 10.6 Å². The zero-order valence-corrected chi connectivity index (χ0v) is 16.5. The maximum atomic E-state index is 15.0. The van der Waals surface area contributed by atoms with Gasteiger partial charge in [0.1, 0.15) is 11.6 Å². The Bertz CT molecular complexity index is 834. The van der Waals surface area contributed by atoms with Gasteiger partial charge in [-0.2, -0.15) is 0 Å². The van der Waals surface area contributed by atoms with Crippen molar-refractivity contribution >= 4 is 28.9 Å². The second-order valence-corrected chi connectivity index (χ2v) is 7.50. The second-order valence-electron chi connectivity index (χ2n) is 7.09. The number of hydrogen-bond acceptors (Lipinski definition) is 4. The number of anilines is 2. The van der Waals surface area contributed by atoms with Gasteiger partial charge in [0.05, 0.1) is 10.6 Å². The molecule has 1 aromatic carbocycles. The monoisotopic (exact) mass is 389 g/mol. The Labute approximate surface area is 164 Å². The summed E-state index contributed by atoms with van der Waals surface area (Å²) in [6.45, 7) is 2.23. The van der Waals surface area contributed by atoms with E-state index in [0.29, 0.717) is 28.0 Å². The number of carbonyl (C=O) groups is 1. The normalized spacial score (nSPS) is 14.8. The van der Waals surface area contributed by atoms with E-state index >= 15 is 0 Å². The van der Waals surface area contributed by atoms with Gasteiger partial charge >= 0.3 is 0 Å². The predicted octanol–water partition coefficient (Wildman–Crippen LogP) is 5.78. The molecule has 6 heteroatoms. The molecule has 2 N–H and O–H groups in total. The number of hydrogen-bond donors (Lipinski definition) is 2. The highest BCUT2D eigenvalue weighted by Crippen LogP contribution is 2.34. The number of nitrogens with zero attached hydrogens (tertiary/aromatic N) is 1. The summed E-state index contributed by atoms with van der Waals surface area (Å²) in [6, 6.07) is 5.02. The maximum absolute atomic E-state index is 15.0. The number of pyridine rings is 1. The third-order valence-corrected chi connectivity index (χ3v) is 5.52. The van der Waals surface area contributed by atoms with Crippen molar-refractivity contribution in [1.29, 1.82) is 0 Å². The molecule has 0 unspecified atom stereocenters. The van der Waals surface area contributed by atoms with Crippen LogP contribution in [0.2, 0.25) is 5.02 Å². The number of aromatic nitrogens is 1. The molecule has 27 heavy (non-hydrogen) atoms. The zero-order chi connectivity index (χ0) is 19.4. The molecule has 1 saturated carbocycles. The molecule has 144 valence electrons. The lowest BCUT2D eigenvalue weighted by atomic mass is 9.89. The summed E-state index contributed by atoms with van der Waals surface area (Å²) < 4.78 is 15.0. The first-order valence-electron chi connectivity index (χ1n) is 9.42. The first-order chi connectivity index (χ1) is 13.0. The van der Waals surface area contributed by atoms with Gasteiger partial charge in [-0.05, 0) is 43.9 Å². The molecule has 0 spiro atoms. The van der Waals surface area contributed by atoms with Gasteiger partial charge in [-0.1, -0.05) is 30.9 Å². The molecule has 1 aliphatic carbocycles. The molecule has 0 amide bonds. The molecular formula is C21H25ClFN3O. The molecule has 3 rings (SSSR count). The van der Waals surface area contributed by atoms with E-state index in [9.17, 15) is 9.18 Å². The summed E-state index contributed by atoms with van der Waals surface area (Å²) in [5.41, 5.74) is 1.24. The van der Waals surface area contributed by atoms with Crippen LogP contribution in [0.5, 0.6) is 0 Å². The Morgan fingerprint density at radius 3 is 2.63 bits per heavy atom. The lowest BCUT2D eigenvalue weighted by molar-refractivity contribution is 0.101. The van der Waals surface area contributed by atoms with E-state index in [0.717, 1.165) is 6.54 Å². The molecule has 4 nitrogen and oxygen atoms in total. The van der Waals surface area contributed by atoms with Gasteiger partial charge in [0.15, 0.2) is 5.78 Å². The van der Waals surface area contributed by atoms with E-state index in [-0.39, 0.29) is 16.9 Å².